The van der Waals surface area contributed by atoms with Gasteiger partial charge in [-0.2, -0.15) is 0 Å². The molecule has 1 aliphatic heterocycles. The van der Waals surface area contributed by atoms with E-state index in [1.165, 1.54) is 18.5 Å². The molecule has 0 unspecified atom stereocenters. The summed E-state index contributed by atoms with van der Waals surface area (Å²) < 4.78 is 0. The average Bonchev–Trinajstić information content (AvgIpc) is 2.39. The molecule has 2 N–H and O–H groups in total. The molecule has 0 aliphatic carbocycles. The Labute approximate surface area is 99.7 Å². The van der Waals surface area contributed by atoms with Gasteiger partial charge < -0.3 is 15.1 Å². The Bertz CT molecular complexity index is 400. The van der Waals surface area contributed by atoms with Gasteiger partial charge in [0.05, 0.1) is 11.8 Å². The third-order valence-corrected chi connectivity index (χ3v) is 3.19. The number of aromatic hydroxyl groups is 1. The van der Waals surface area contributed by atoms with Gasteiger partial charge in [-0.15, -0.1) is 0 Å². The number of rotatable bonds is 2. The molecule has 17 heavy (non-hydrogen) atoms. The van der Waals surface area contributed by atoms with Crippen molar-refractivity contribution in [3.63, 3.8) is 0 Å². The summed E-state index contributed by atoms with van der Waals surface area (Å²) in [7, 11) is 0. The second-order valence-electron chi connectivity index (χ2n) is 4.31. The molecule has 0 radical (unpaired) electrons. The quantitative estimate of drug-likeness (QED) is 0.790. The standard InChI is InChI=1S/C12H16N2O3/c15-8-9-2-5-14(6-3-9)12(17)10-1-4-13-7-11(10)16/h1,4,7,9,15-16H,2-3,5-6,8H2. The molecule has 0 spiro atoms. The number of nitrogens with zero attached hydrogens (tertiary/aromatic N) is 2. The maximum atomic E-state index is 12.1. The van der Waals surface area contributed by atoms with Crippen molar-refractivity contribution in [1.29, 1.82) is 0 Å². The number of likely N-dealkylation sites (tertiary alicyclic amines) is 1. The molecule has 1 saturated heterocycles. The molecule has 0 atom stereocenters. The smallest absolute Gasteiger partial charge is 0.257 e. The predicted octanol–water partition coefficient (Wildman–Crippen LogP) is 0.632. The Morgan fingerprint density at radius 2 is 2.18 bits per heavy atom. The second-order valence-corrected chi connectivity index (χ2v) is 4.31. The molecule has 1 aromatic heterocycles. The summed E-state index contributed by atoms with van der Waals surface area (Å²) in [4.78, 5) is 17.5. The van der Waals surface area contributed by atoms with Gasteiger partial charge in [0.2, 0.25) is 0 Å². The maximum absolute atomic E-state index is 12.1. The summed E-state index contributed by atoms with van der Waals surface area (Å²) in [5.74, 6) is 0.0492. The van der Waals surface area contributed by atoms with E-state index in [-0.39, 0.29) is 18.3 Å². The number of aliphatic hydroxyl groups excluding tert-OH is 1. The SMILES string of the molecule is O=C(c1ccncc1O)N1CCC(CO)CC1. The van der Waals surface area contributed by atoms with Crippen molar-refractivity contribution in [1.82, 2.24) is 9.88 Å². The van der Waals surface area contributed by atoms with Crippen molar-refractivity contribution in [2.24, 2.45) is 5.92 Å². The van der Waals surface area contributed by atoms with Crippen LogP contribution in [0.4, 0.5) is 0 Å². The van der Waals surface area contributed by atoms with Crippen LogP contribution in [0.1, 0.15) is 23.2 Å². The summed E-state index contributed by atoms with van der Waals surface area (Å²) in [6.45, 7) is 1.44. The molecule has 1 fully saturated rings. The molecule has 92 valence electrons. The van der Waals surface area contributed by atoms with E-state index in [0.29, 0.717) is 24.6 Å². The molecule has 0 saturated carbocycles. The molecule has 1 aromatic rings. The van der Waals surface area contributed by atoms with Gasteiger partial charge >= 0.3 is 0 Å². The van der Waals surface area contributed by atoms with Crippen LogP contribution in [-0.4, -0.2) is 45.7 Å². The Kier molecular flexibility index (Phi) is 3.58. The minimum absolute atomic E-state index is 0.0817. The van der Waals surface area contributed by atoms with Crippen LogP contribution in [0.25, 0.3) is 0 Å². The first-order chi connectivity index (χ1) is 8.22. The third kappa shape index (κ3) is 2.55. The van der Waals surface area contributed by atoms with E-state index < -0.39 is 0 Å². The normalized spacial score (nSPS) is 17.1. The van der Waals surface area contributed by atoms with E-state index in [2.05, 4.69) is 4.98 Å². The lowest BCUT2D eigenvalue weighted by Gasteiger charge is -2.31. The van der Waals surface area contributed by atoms with Crippen LogP contribution in [0.3, 0.4) is 0 Å². The van der Waals surface area contributed by atoms with Crippen LogP contribution in [0.5, 0.6) is 5.75 Å². The molecule has 1 amide bonds. The van der Waals surface area contributed by atoms with Gasteiger partial charge in [-0.3, -0.25) is 9.78 Å². The molecule has 0 aromatic carbocycles. The highest BCUT2D eigenvalue weighted by Gasteiger charge is 2.24. The van der Waals surface area contributed by atoms with Gasteiger partial charge in [0.25, 0.3) is 5.91 Å². The first kappa shape index (κ1) is 11.9. The molecule has 5 heteroatoms. The zero-order valence-corrected chi connectivity index (χ0v) is 9.54. The van der Waals surface area contributed by atoms with Gasteiger partial charge in [-0.1, -0.05) is 0 Å². The molecule has 5 nitrogen and oxygen atoms in total. The van der Waals surface area contributed by atoms with E-state index >= 15 is 0 Å². The molecule has 2 heterocycles. The van der Waals surface area contributed by atoms with Crippen LogP contribution < -0.4 is 0 Å². The minimum Gasteiger partial charge on any atom is -0.505 e. The highest BCUT2D eigenvalue weighted by molar-refractivity contribution is 5.96. The van der Waals surface area contributed by atoms with Gasteiger partial charge in [-0.25, -0.2) is 0 Å². The van der Waals surface area contributed by atoms with Crippen molar-refractivity contribution in [2.75, 3.05) is 19.7 Å². The predicted molar refractivity (Wildman–Crippen MR) is 61.6 cm³/mol. The number of aromatic nitrogens is 1. The lowest BCUT2D eigenvalue weighted by atomic mass is 9.97. The zero-order valence-electron chi connectivity index (χ0n) is 9.54. The van der Waals surface area contributed by atoms with Crippen molar-refractivity contribution >= 4 is 5.91 Å². The van der Waals surface area contributed by atoms with Crippen molar-refractivity contribution in [2.45, 2.75) is 12.8 Å². The molecule has 0 bridgehead atoms. The summed E-state index contributed by atoms with van der Waals surface area (Å²) >= 11 is 0. The summed E-state index contributed by atoms with van der Waals surface area (Å²) in [5, 5.41) is 18.6. The number of amides is 1. The number of aliphatic hydroxyl groups is 1. The third-order valence-electron chi connectivity index (χ3n) is 3.19. The van der Waals surface area contributed by atoms with Gasteiger partial charge in [0.15, 0.2) is 0 Å². The summed E-state index contributed by atoms with van der Waals surface area (Å²) in [6, 6.07) is 1.52. The molecule has 1 aliphatic rings. The molecule has 2 rings (SSSR count). The van der Waals surface area contributed by atoms with E-state index in [4.69, 9.17) is 5.11 Å². The fourth-order valence-electron chi connectivity index (χ4n) is 2.06. The minimum atomic E-state index is -0.165. The van der Waals surface area contributed by atoms with Crippen LogP contribution >= 0.6 is 0 Å². The van der Waals surface area contributed by atoms with E-state index in [1.807, 2.05) is 0 Å². The highest BCUT2D eigenvalue weighted by atomic mass is 16.3. The Hall–Kier alpha value is -1.62. The summed E-state index contributed by atoms with van der Waals surface area (Å²) in [6.07, 6.45) is 4.39. The Balaban J connectivity index is 2.04. The van der Waals surface area contributed by atoms with Crippen molar-refractivity contribution < 1.29 is 15.0 Å². The van der Waals surface area contributed by atoms with Crippen molar-refractivity contribution in [3.8, 4) is 5.75 Å². The zero-order chi connectivity index (χ0) is 12.3. The highest BCUT2D eigenvalue weighted by Crippen LogP contribution is 2.21. The van der Waals surface area contributed by atoms with Gasteiger partial charge in [0.1, 0.15) is 5.75 Å². The van der Waals surface area contributed by atoms with Crippen LogP contribution in [-0.2, 0) is 0 Å². The number of pyridine rings is 1. The van der Waals surface area contributed by atoms with Crippen molar-refractivity contribution in [3.05, 3.63) is 24.0 Å². The Morgan fingerprint density at radius 1 is 1.47 bits per heavy atom. The Morgan fingerprint density at radius 3 is 2.76 bits per heavy atom. The number of hydrogen-bond donors (Lipinski definition) is 2. The lowest BCUT2D eigenvalue weighted by Crippen LogP contribution is -2.39. The average molecular weight is 236 g/mol. The number of hydrogen-bond acceptors (Lipinski definition) is 4. The second kappa shape index (κ2) is 5.14. The fraction of sp³-hybridized carbons (Fsp3) is 0.500. The molecular formula is C12H16N2O3. The first-order valence-corrected chi connectivity index (χ1v) is 5.75. The fourth-order valence-corrected chi connectivity index (χ4v) is 2.06. The van der Waals surface area contributed by atoms with E-state index in [1.54, 1.807) is 4.90 Å². The van der Waals surface area contributed by atoms with Crippen LogP contribution in [0, 0.1) is 5.92 Å². The summed E-state index contributed by atoms with van der Waals surface area (Å²) in [5.41, 5.74) is 0.294. The van der Waals surface area contributed by atoms with E-state index in [0.717, 1.165) is 12.8 Å². The van der Waals surface area contributed by atoms with E-state index in [9.17, 15) is 9.90 Å². The number of carbonyl (C=O) groups excluding carboxylic acids is 1. The largest absolute Gasteiger partial charge is 0.505 e. The lowest BCUT2D eigenvalue weighted by molar-refractivity contribution is 0.0648. The number of piperidine rings is 1. The number of carbonyl (C=O) groups is 1. The van der Waals surface area contributed by atoms with Gasteiger partial charge in [0, 0.05) is 25.9 Å². The first-order valence-electron chi connectivity index (χ1n) is 5.75. The van der Waals surface area contributed by atoms with Crippen LogP contribution in [0.15, 0.2) is 18.5 Å². The molecular weight excluding hydrogens is 220 g/mol. The van der Waals surface area contributed by atoms with Crippen LogP contribution in [0.2, 0.25) is 0 Å². The topological polar surface area (TPSA) is 73.7 Å². The monoisotopic (exact) mass is 236 g/mol. The maximum Gasteiger partial charge on any atom is 0.257 e. The van der Waals surface area contributed by atoms with Gasteiger partial charge in [-0.05, 0) is 24.8 Å².